The quantitative estimate of drug-likeness (QED) is 0.787. The van der Waals surface area contributed by atoms with Gasteiger partial charge in [-0.2, -0.15) is 11.8 Å². The normalized spacial score (nSPS) is 20.3. The van der Waals surface area contributed by atoms with E-state index >= 15 is 0 Å². The fourth-order valence-corrected chi connectivity index (χ4v) is 3.05. The molecule has 0 aliphatic carbocycles. The third kappa shape index (κ3) is 2.49. The number of carboxylic acids is 1. The lowest BCUT2D eigenvalue weighted by atomic mass is 10.1. The minimum Gasteiger partial charge on any atom is -0.478 e. The number of thioether (sulfide) groups is 1. The van der Waals surface area contributed by atoms with Crippen molar-refractivity contribution in [2.24, 2.45) is 0 Å². The van der Waals surface area contributed by atoms with E-state index in [4.69, 9.17) is 10.8 Å². The number of hydrogen-bond donors (Lipinski definition) is 2. The number of carbonyl (C=O) groups is 1. The standard InChI is InChI=1S/C12H16N2O2S/c1-8-7-17-5-4-14(8)11-3-2-9(12(15)16)6-10(11)13/h2-3,6,8H,4-5,7,13H2,1H3,(H,15,16). The van der Waals surface area contributed by atoms with Gasteiger partial charge in [0.2, 0.25) is 0 Å². The van der Waals surface area contributed by atoms with Crippen molar-refractivity contribution in [1.82, 2.24) is 0 Å². The summed E-state index contributed by atoms with van der Waals surface area (Å²) >= 11 is 1.94. The van der Waals surface area contributed by atoms with Gasteiger partial charge in [-0.1, -0.05) is 0 Å². The van der Waals surface area contributed by atoms with Gasteiger partial charge in [-0.05, 0) is 25.1 Å². The summed E-state index contributed by atoms with van der Waals surface area (Å²) in [6.07, 6.45) is 0. The molecule has 0 radical (unpaired) electrons. The number of benzene rings is 1. The van der Waals surface area contributed by atoms with Crippen LogP contribution < -0.4 is 10.6 Å². The molecule has 4 nitrogen and oxygen atoms in total. The first-order valence-corrected chi connectivity index (χ1v) is 6.72. The number of nitrogen functional groups attached to an aromatic ring is 1. The van der Waals surface area contributed by atoms with Gasteiger partial charge in [0, 0.05) is 24.1 Å². The molecule has 3 N–H and O–H groups in total. The average molecular weight is 252 g/mol. The van der Waals surface area contributed by atoms with Gasteiger partial charge >= 0.3 is 5.97 Å². The number of nitrogens with two attached hydrogens (primary N) is 1. The minimum absolute atomic E-state index is 0.241. The molecule has 5 heteroatoms. The van der Waals surface area contributed by atoms with Crippen LogP contribution in [0.15, 0.2) is 18.2 Å². The summed E-state index contributed by atoms with van der Waals surface area (Å²) in [7, 11) is 0. The second kappa shape index (κ2) is 4.87. The molecule has 1 saturated heterocycles. The van der Waals surface area contributed by atoms with Crippen molar-refractivity contribution in [3.63, 3.8) is 0 Å². The van der Waals surface area contributed by atoms with E-state index in [1.165, 1.54) is 6.07 Å². The lowest BCUT2D eigenvalue weighted by Crippen LogP contribution is -2.40. The molecule has 0 amide bonds. The first-order valence-electron chi connectivity index (χ1n) is 5.57. The van der Waals surface area contributed by atoms with Gasteiger partial charge < -0.3 is 15.7 Å². The van der Waals surface area contributed by atoms with Crippen LogP contribution in [0.3, 0.4) is 0 Å². The Morgan fingerprint density at radius 1 is 1.59 bits per heavy atom. The summed E-state index contributed by atoms with van der Waals surface area (Å²) in [6.45, 7) is 3.12. The number of aromatic carboxylic acids is 1. The number of hydrogen-bond acceptors (Lipinski definition) is 4. The van der Waals surface area contributed by atoms with Gasteiger partial charge in [0.1, 0.15) is 0 Å². The van der Waals surface area contributed by atoms with Gasteiger partial charge in [-0.25, -0.2) is 4.79 Å². The molecule has 17 heavy (non-hydrogen) atoms. The molecule has 1 atom stereocenters. The fourth-order valence-electron chi connectivity index (χ4n) is 2.03. The van der Waals surface area contributed by atoms with Crippen LogP contribution in [0.2, 0.25) is 0 Å². The van der Waals surface area contributed by atoms with Crippen LogP contribution in [-0.2, 0) is 0 Å². The summed E-state index contributed by atoms with van der Waals surface area (Å²) < 4.78 is 0. The first-order chi connectivity index (χ1) is 8.09. The first kappa shape index (κ1) is 12.1. The number of carboxylic acid groups (broad SMARTS) is 1. The molecule has 1 aromatic carbocycles. The Balaban J connectivity index is 2.29. The maximum atomic E-state index is 10.8. The van der Waals surface area contributed by atoms with Crippen molar-refractivity contribution < 1.29 is 9.90 Å². The topological polar surface area (TPSA) is 66.6 Å². The Kier molecular flexibility index (Phi) is 3.47. The van der Waals surface area contributed by atoms with E-state index < -0.39 is 5.97 Å². The molecule has 1 fully saturated rings. The average Bonchev–Trinajstić information content (AvgIpc) is 2.30. The highest BCUT2D eigenvalue weighted by Crippen LogP contribution is 2.29. The SMILES string of the molecule is CC1CSCCN1c1ccc(C(=O)O)cc1N. The highest BCUT2D eigenvalue weighted by molar-refractivity contribution is 7.99. The minimum atomic E-state index is -0.939. The lowest BCUT2D eigenvalue weighted by Gasteiger charge is -2.35. The lowest BCUT2D eigenvalue weighted by molar-refractivity contribution is 0.0697. The summed E-state index contributed by atoms with van der Waals surface area (Å²) in [5.41, 5.74) is 7.67. The second-order valence-electron chi connectivity index (χ2n) is 4.20. The van der Waals surface area contributed by atoms with E-state index in [9.17, 15) is 4.79 Å². The van der Waals surface area contributed by atoms with Crippen LogP contribution in [0.1, 0.15) is 17.3 Å². The van der Waals surface area contributed by atoms with Gasteiger partial charge in [0.25, 0.3) is 0 Å². The summed E-state index contributed by atoms with van der Waals surface area (Å²) in [6, 6.07) is 5.40. The maximum Gasteiger partial charge on any atom is 0.335 e. The van der Waals surface area contributed by atoms with Gasteiger partial charge in [0.15, 0.2) is 0 Å². The van der Waals surface area contributed by atoms with Gasteiger partial charge in [0.05, 0.1) is 16.9 Å². The molecule has 1 unspecified atom stereocenters. The third-order valence-electron chi connectivity index (χ3n) is 2.95. The van der Waals surface area contributed by atoms with Crippen LogP contribution in [0, 0.1) is 0 Å². The number of anilines is 2. The predicted molar refractivity (Wildman–Crippen MR) is 71.9 cm³/mol. The molecule has 1 aliphatic rings. The van der Waals surface area contributed by atoms with Crippen LogP contribution in [-0.4, -0.2) is 35.2 Å². The van der Waals surface area contributed by atoms with Crippen molar-refractivity contribution in [2.45, 2.75) is 13.0 Å². The molecule has 0 bridgehead atoms. The Labute approximate surface area is 105 Å². The van der Waals surface area contributed by atoms with Crippen molar-refractivity contribution in [2.75, 3.05) is 28.7 Å². The molecule has 0 aromatic heterocycles. The Morgan fingerprint density at radius 3 is 2.94 bits per heavy atom. The smallest absolute Gasteiger partial charge is 0.335 e. The van der Waals surface area contributed by atoms with E-state index in [1.54, 1.807) is 6.07 Å². The van der Waals surface area contributed by atoms with E-state index in [1.807, 2.05) is 17.8 Å². The fraction of sp³-hybridized carbons (Fsp3) is 0.417. The van der Waals surface area contributed by atoms with Crippen molar-refractivity contribution in [1.29, 1.82) is 0 Å². The van der Waals surface area contributed by atoms with Gasteiger partial charge in [-0.3, -0.25) is 0 Å². The van der Waals surface area contributed by atoms with Gasteiger partial charge in [-0.15, -0.1) is 0 Å². The molecule has 1 aliphatic heterocycles. The van der Waals surface area contributed by atoms with Crippen LogP contribution in [0.25, 0.3) is 0 Å². The van der Waals surface area contributed by atoms with Crippen LogP contribution >= 0.6 is 11.8 Å². The summed E-state index contributed by atoms with van der Waals surface area (Å²) in [4.78, 5) is 13.1. The van der Waals surface area contributed by atoms with Crippen LogP contribution in [0.5, 0.6) is 0 Å². The van der Waals surface area contributed by atoms with E-state index in [2.05, 4.69) is 11.8 Å². The third-order valence-corrected chi connectivity index (χ3v) is 4.14. The van der Waals surface area contributed by atoms with E-state index in [0.29, 0.717) is 11.7 Å². The molecule has 0 spiro atoms. The van der Waals surface area contributed by atoms with Crippen molar-refractivity contribution in [3.05, 3.63) is 23.8 Å². The Morgan fingerprint density at radius 2 is 2.35 bits per heavy atom. The zero-order chi connectivity index (χ0) is 12.4. The Hall–Kier alpha value is -1.36. The molecule has 1 aromatic rings. The summed E-state index contributed by atoms with van der Waals surface area (Å²) in [5, 5.41) is 8.89. The predicted octanol–water partition coefficient (Wildman–Crippen LogP) is 1.91. The Bertz CT molecular complexity index is 437. The van der Waals surface area contributed by atoms with E-state index in [0.717, 1.165) is 23.7 Å². The van der Waals surface area contributed by atoms with Crippen molar-refractivity contribution in [3.8, 4) is 0 Å². The van der Waals surface area contributed by atoms with Crippen LogP contribution in [0.4, 0.5) is 11.4 Å². The zero-order valence-corrected chi connectivity index (χ0v) is 10.5. The molecule has 2 rings (SSSR count). The van der Waals surface area contributed by atoms with Crippen molar-refractivity contribution >= 4 is 29.1 Å². The molecule has 1 heterocycles. The molecule has 0 saturated carbocycles. The largest absolute Gasteiger partial charge is 0.478 e. The molecular weight excluding hydrogens is 236 g/mol. The highest BCUT2D eigenvalue weighted by Gasteiger charge is 2.21. The highest BCUT2D eigenvalue weighted by atomic mass is 32.2. The summed E-state index contributed by atoms with van der Waals surface area (Å²) in [5.74, 6) is 1.23. The zero-order valence-electron chi connectivity index (χ0n) is 9.72. The molecule has 92 valence electrons. The maximum absolute atomic E-state index is 10.8. The number of rotatable bonds is 2. The second-order valence-corrected chi connectivity index (χ2v) is 5.35. The number of nitrogens with zero attached hydrogens (tertiary/aromatic N) is 1. The van der Waals surface area contributed by atoms with E-state index in [-0.39, 0.29) is 5.56 Å². The molecular formula is C12H16N2O2S. The monoisotopic (exact) mass is 252 g/mol.